The van der Waals surface area contributed by atoms with Crippen LogP contribution >= 0.6 is 0 Å². The van der Waals surface area contributed by atoms with Crippen LogP contribution in [-0.2, 0) is 12.8 Å². The van der Waals surface area contributed by atoms with Crippen LogP contribution in [0.15, 0.2) is 30.3 Å². The Labute approximate surface area is 139 Å². The third kappa shape index (κ3) is 3.88. The van der Waals surface area contributed by atoms with Crippen LogP contribution in [0.5, 0.6) is 0 Å². The molecular weight excluding hydrogens is 284 g/mol. The fourth-order valence-electron chi connectivity index (χ4n) is 3.23. The number of aromatic nitrogens is 2. The quantitative estimate of drug-likeness (QED) is 0.943. The van der Waals surface area contributed by atoms with Crippen molar-refractivity contribution in [3.05, 3.63) is 53.0 Å². The van der Waals surface area contributed by atoms with Gasteiger partial charge >= 0.3 is 0 Å². The van der Waals surface area contributed by atoms with Crippen molar-refractivity contribution in [2.45, 2.75) is 33.1 Å². The summed E-state index contributed by atoms with van der Waals surface area (Å²) in [7, 11) is 0. The Hall–Kier alpha value is -1.94. The van der Waals surface area contributed by atoms with Gasteiger partial charge in [-0.15, -0.1) is 0 Å². The standard InChI is InChI=1S/C19H26N4/c1-3-18-17(14-16-8-5-4-6-9-16)19(22-15(2)21-18)23-12-7-10-20-11-13-23/h4-6,8-9,20H,3,7,10-14H2,1-2H3. The zero-order chi connectivity index (χ0) is 16.1. The summed E-state index contributed by atoms with van der Waals surface area (Å²) in [4.78, 5) is 12.0. The third-order valence-corrected chi connectivity index (χ3v) is 4.38. The number of hydrogen-bond acceptors (Lipinski definition) is 4. The molecular formula is C19H26N4. The van der Waals surface area contributed by atoms with Crippen LogP contribution in [0.3, 0.4) is 0 Å². The van der Waals surface area contributed by atoms with Gasteiger partial charge in [-0.3, -0.25) is 0 Å². The maximum Gasteiger partial charge on any atom is 0.136 e. The van der Waals surface area contributed by atoms with Crippen LogP contribution in [-0.4, -0.2) is 36.1 Å². The number of benzene rings is 1. The molecule has 0 radical (unpaired) electrons. The van der Waals surface area contributed by atoms with Gasteiger partial charge in [0.05, 0.1) is 0 Å². The molecule has 23 heavy (non-hydrogen) atoms. The fourth-order valence-corrected chi connectivity index (χ4v) is 3.23. The van der Waals surface area contributed by atoms with Crippen LogP contribution in [0.2, 0.25) is 0 Å². The molecule has 2 heterocycles. The van der Waals surface area contributed by atoms with E-state index < -0.39 is 0 Å². The highest BCUT2D eigenvalue weighted by Crippen LogP contribution is 2.25. The summed E-state index contributed by atoms with van der Waals surface area (Å²) in [6, 6.07) is 10.6. The minimum Gasteiger partial charge on any atom is -0.355 e. The van der Waals surface area contributed by atoms with Crippen LogP contribution < -0.4 is 10.2 Å². The number of rotatable bonds is 4. The molecule has 0 saturated carbocycles. The predicted octanol–water partition coefficient (Wildman–Crippen LogP) is 2.74. The Balaban J connectivity index is 2.00. The molecule has 4 heteroatoms. The first-order valence-corrected chi connectivity index (χ1v) is 8.64. The van der Waals surface area contributed by atoms with Crippen molar-refractivity contribution in [2.24, 2.45) is 0 Å². The van der Waals surface area contributed by atoms with Gasteiger partial charge in [0.1, 0.15) is 11.6 Å². The number of aryl methyl sites for hydroxylation is 2. The molecule has 0 amide bonds. The van der Waals surface area contributed by atoms with Crippen molar-refractivity contribution < 1.29 is 0 Å². The SMILES string of the molecule is CCc1nc(C)nc(N2CCCNCC2)c1Cc1ccccc1. The van der Waals surface area contributed by atoms with Gasteiger partial charge in [0, 0.05) is 37.3 Å². The molecule has 1 fully saturated rings. The van der Waals surface area contributed by atoms with Gasteiger partial charge < -0.3 is 10.2 Å². The van der Waals surface area contributed by atoms with E-state index in [0.29, 0.717) is 0 Å². The van der Waals surface area contributed by atoms with E-state index in [1.807, 2.05) is 6.92 Å². The zero-order valence-electron chi connectivity index (χ0n) is 14.2. The van der Waals surface area contributed by atoms with E-state index in [1.54, 1.807) is 0 Å². The summed E-state index contributed by atoms with van der Waals surface area (Å²) in [6.45, 7) is 8.38. The van der Waals surface area contributed by atoms with E-state index in [0.717, 1.165) is 57.1 Å². The van der Waals surface area contributed by atoms with E-state index in [9.17, 15) is 0 Å². The van der Waals surface area contributed by atoms with Crippen molar-refractivity contribution in [3.63, 3.8) is 0 Å². The molecule has 1 aromatic heterocycles. The second kappa shape index (κ2) is 7.55. The van der Waals surface area contributed by atoms with Gasteiger partial charge in [0.2, 0.25) is 0 Å². The number of anilines is 1. The van der Waals surface area contributed by atoms with Crippen LogP contribution in [0, 0.1) is 6.92 Å². The van der Waals surface area contributed by atoms with Gasteiger partial charge in [-0.05, 0) is 31.9 Å². The van der Waals surface area contributed by atoms with Crippen molar-refractivity contribution >= 4 is 5.82 Å². The maximum atomic E-state index is 4.83. The lowest BCUT2D eigenvalue weighted by atomic mass is 10.0. The lowest BCUT2D eigenvalue weighted by Crippen LogP contribution is -2.30. The smallest absolute Gasteiger partial charge is 0.136 e. The first-order chi connectivity index (χ1) is 11.3. The monoisotopic (exact) mass is 310 g/mol. The molecule has 4 nitrogen and oxygen atoms in total. The van der Waals surface area contributed by atoms with Gasteiger partial charge in [-0.1, -0.05) is 37.3 Å². The van der Waals surface area contributed by atoms with Crippen LogP contribution in [0.4, 0.5) is 5.82 Å². The van der Waals surface area contributed by atoms with Crippen LogP contribution in [0.25, 0.3) is 0 Å². The minimum atomic E-state index is 0.880. The summed E-state index contributed by atoms with van der Waals surface area (Å²) in [6.07, 6.45) is 3.02. The highest BCUT2D eigenvalue weighted by molar-refractivity contribution is 5.51. The molecule has 1 aromatic carbocycles. The molecule has 0 bridgehead atoms. The van der Waals surface area contributed by atoms with E-state index in [4.69, 9.17) is 9.97 Å². The average molecular weight is 310 g/mol. The fraction of sp³-hybridized carbons (Fsp3) is 0.474. The summed E-state index contributed by atoms with van der Waals surface area (Å²) >= 11 is 0. The van der Waals surface area contributed by atoms with Crippen molar-refractivity contribution in [1.29, 1.82) is 0 Å². The molecule has 1 aliphatic rings. The summed E-state index contributed by atoms with van der Waals surface area (Å²) in [5.74, 6) is 2.02. The third-order valence-electron chi connectivity index (χ3n) is 4.38. The van der Waals surface area contributed by atoms with Crippen LogP contribution in [0.1, 0.15) is 36.0 Å². The topological polar surface area (TPSA) is 41.1 Å². The van der Waals surface area contributed by atoms with E-state index in [-0.39, 0.29) is 0 Å². The molecule has 2 aromatic rings. The summed E-state index contributed by atoms with van der Waals surface area (Å²) < 4.78 is 0. The predicted molar refractivity (Wildman–Crippen MR) is 95.1 cm³/mol. The van der Waals surface area contributed by atoms with Gasteiger partial charge in [-0.2, -0.15) is 0 Å². The molecule has 1 N–H and O–H groups in total. The average Bonchev–Trinajstić information content (AvgIpc) is 2.86. The molecule has 1 saturated heterocycles. The minimum absolute atomic E-state index is 0.880. The molecule has 0 aliphatic carbocycles. The molecule has 0 unspecified atom stereocenters. The Bertz CT molecular complexity index is 631. The first-order valence-electron chi connectivity index (χ1n) is 8.64. The normalized spacial score (nSPS) is 15.5. The van der Waals surface area contributed by atoms with Crippen molar-refractivity contribution in [1.82, 2.24) is 15.3 Å². The molecule has 0 spiro atoms. The number of nitrogens with zero attached hydrogens (tertiary/aromatic N) is 3. The van der Waals surface area contributed by atoms with Crippen molar-refractivity contribution in [2.75, 3.05) is 31.1 Å². The van der Waals surface area contributed by atoms with E-state index in [2.05, 4.69) is 47.5 Å². The molecule has 1 aliphatic heterocycles. The van der Waals surface area contributed by atoms with E-state index in [1.165, 1.54) is 16.8 Å². The highest BCUT2D eigenvalue weighted by Gasteiger charge is 2.19. The molecule has 122 valence electrons. The summed E-state index contributed by atoms with van der Waals surface area (Å²) in [5.41, 5.74) is 3.81. The van der Waals surface area contributed by atoms with E-state index >= 15 is 0 Å². The van der Waals surface area contributed by atoms with Gasteiger partial charge in [-0.25, -0.2) is 9.97 Å². The largest absolute Gasteiger partial charge is 0.355 e. The number of hydrogen-bond donors (Lipinski definition) is 1. The Morgan fingerprint density at radius 2 is 1.91 bits per heavy atom. The summed E-state index contributed by atoms with van der Waals surface area (Å²) in [5, 5.41) is 3.47. The molecule has 3 rings (SSSR count). The lowest BCUT2D eigenvalue weighted by molar-refractivity contribution is 0.724. The maximum absolute atomic E-state index is 4.83. The lowest BCUT2D eigenvalue weighted by Gasteiger charge is -2.25. The second-order valence-corrected chi connectivity index (χ2v) is 6.13. The second-order valence-electron chi connectivity index (χ2n) is 6.13. The highest BCUT2D eigenvalue weighted by atomic mass is 15.2. The Morgan fingerprint density at radius 1 is 1.09 bits per heavy atom. The zero-order valence-corrected chi connectivity index (χ0v) is 14.2. The molecule has 0 atom stereocenters. The number of nitrogens with one attached hydrogen (secondary N) is 1. The Kier molecular flexibility index (Phi) is 5.23. The van der Waals surface area contributed by atoms with Crippen molar-refractivity contribution in [3.8, 4) is 0 Å². The van der Waals surface area contributed by atoms with Gasteiger partial charge in [0.25, 0.3) is 0 Å². The van der Waals surface area contributed by atoms with Gasteiger partial charge in [0.15, 0.2) is 0 Å². The first kappa shape index (κ1) is 15.9. The Morgan fingerprint density at radius 3 is 2.70 bits per heavy atom.